The van der Waals surface area contributed by atoms with Crippen LogP contribution in [0.2, 0.25) is 5.02 Å². The van der Waals surface area contributed by atoms with Crippen LogP contribution in [0, 0.1) is 10.1 Å². The highest BCUT2D eigenvalue weighted by atomic mass is 35.5. The zero-order chi connectivity index (χ0) is 19.3. The Morgan fingerprint density at radius 1 is 1.35 bits per heavy atom. The first-order chi connectivity index (χ1) is 12.2. The van der Waals surface area contributed by atoms with Crippen LogP contribution < -0.4 is 9.57 Å². The molecule has 0 unspecified atom stereocenters. The van der Waals surface area contributed by atoms with E-state index in [0.29, 0.717) is 5.02 Å². The standard InChI is InChI=1S/C15H14ClN3O6S/c1-2-25-14-8-10(7-13(15(14)20)19(21)22)9-17-18-26(23,24)12-5-3-11(16)4-6-12/h3-9,18,20H,2H2,1H3/b17-9+. The molecule has 0 aliphatic rings. The number of rotatable bonds is 7. The van der Waals surface area contributed by atoms with Crippen LogP contribution in [0.4, 0.5) is 5.69 Å². The number of nitrogens with one attached hydrogen (secondary N) is 1. The number of benzene rings is 2. The summed E-state index contributed by atoms with van der Waals surface area (Å²) in [5.41, 5.74) is -0.422. The molecule has 2 N–H and O–H groups in total. The average Bonchev–Trinajstić information content (AvgIpc) is 2.57. The molecular weight excluding hydrogens is 386 g/mol. The lowest BCUT2D eigenvalue weighted by molar-refractivity contribution is -0.386. The van der Waals surface area contributed by atoms with Gasteiger partial charge in [0.25, 0.3) is 10.0 Å². The van der Waals surface area contributed by atoms with E-state index in [9.17, 15) is 23.6 Å². The van der Waals surface area contributed by atoms with Crippen LogP contribution in [0.25, 0.3) is 0 Å². The Morgan fingerprint density at radius 3 is 2.58 bits per heavy atom. The summed E-state index contributed by atoms with van der Waals surface area (Å²) in [6, 6.07) is 7.77. The first-order valence-electron chi connectivity index (χ1n) is 7.19. The highest BCUT2D eigenvalue weighted by Gasteiger charge is 2.20. The van der Waals surface area contributed by atoms with E-state index < -0.39 is 26.4 Å². The number of phenolic OH excluding ortho intramolecular Hbond substituents is 1. The highest BCUT2D eigenvalue weighted by Crippen LogP contribution is 2.36. The van der Waals surface area contributed by atoms with Crippen molar-refractivity contribution in [2.45, 2.75) is 11.8 Å². The van der Waals surface area contributed by atoms with Crippen molar-refractivity contribution in [1.29, 1.82) is 0 Å². The topological polar surface area (TPSA) is 131 Å². The Morgan fingerprint density at radius 2 is 2.00 bits per heavy atom. The number of aromatic hydroxyl groups is 1. The molecule has 0 saturated heterocycles. The molecule has 9 nitrogen and oxygen atoms in total. The van der Waals surface area contributed by atoms with Crippen molar-refractivity contribution < 1.29 is 23.2 Å². The van der Waals surface area contributed by atoms with Gasteiger partial charge in [-0.2, -0.15) is 13.5 Å². The molecule has 0 bridgehead atoms. The maximum absolute atomic E-state index is 12.1. The molecule has 0 atom stereocenters. The van der Waals surface area contributed by atoms with Crippen LogP contribution in [0.1, 0.15) is 12.5 Å². The summed E-state index contributed by atoms with van der Waals surface area (Å²) in [5, 5.41) is 24.8. The van der Waals surface area contributed by atoms with Gasteiger partial charge in [-0.05, 0) is 37.3 Å². The summed E-state index contributed by atoms with van der Waals surface area (Å²) in [4.78, 5) is 12.1. The van der Waals surface area contributed by atoms with Gasteiger partial charge in [0.1, 0.15) is 0 Å². The molecule has 0 radical (unpaired) electrons. The fourth-order valence-electron chi connectivity index (χ4n) is 1.93. The van der Waals surface area contributed by atoms with Crippen molar-refractivity contribution in [3.8, 4) is 11.5 Å². The molecule has 138 valence electrons. The van der Waals surface area contributed by atoms with Gasteiger partial charge in [0.05, 0.1) is 22.6 Å². The van der Waals surface area contributed by atoms with E-state index >= 15 is 0 Å². The first-order valence-corrected chi connectivity index (χ1v) is 9.05. The molecule has 11 heteroatoms. The second kappa shape index (κ2) is 8.02. The monoisotopic (exact) mass is 399 g/mol. The molecule has 2 rings (SSSR count). The number of nitro groups is 1. The van der Waals surface area contributed by atoms with Crippen molar-refractivity contribution >= 4 is 33.5 Å². The molecule has 0 heterocycles. The minimum atomic E-state index is -3.92. The number of hydrazone groups is 1. The Labute approximate surface area is 154 Å². The predicted octanol–water partition coefficient (Wildman–Crippen LogP) is 2.66. The normalized spacial score (nSPS) is 11.5. The Kier molecular flexibility index (Phi) is 6.01. The maximum atomic E-state index is 12.1. The summed E-state index contributed by atoms with van der Waals surface area (Å²) < 4.78 is 29.3. The lowest BCUT2D eigenvalue weighted by atomic mass is 10.2. The molecule has 0 saturated carbocycles. The Bertz CT molecular complexity index is 945. The van der Waals surface area contributed by atoms with Gasteiger partial charge in [0.15, 0.2) is 5.75 Å². The van der Waals surface area contributed by atoms with Gasteiger partial charge in [0.2, 0.25) is 5.75 Å². The molecule has 0 aliphatic carbocycles. The number of sulfonamides is 1. The van der Waals surface area contributed by atoms with Gasteiger partial charge in [-0.25, -0.2) is 4.83 Å². The van der Waals surface area contributed by atoms with Crippen LogP contribution in [0.15, 0.2) is 46.4 Å². The lowest BCUT2D eigenvalue weighted by Gasteiger charge is -2.07. The third-order valence-corrected chi connectivity index (χ3v) is 4.57. The van der Waals surface area contributed by atoms with Crippen molar-refractivity contribution in [2.75, 3.05) is 6.61 Å². The number of ether oxygens (including phenoxy) is 1. The molecule has 2 aromatic rings. The Balaban J connectivity index is 2.27. The molecule has 0 amide bonds. The predicted molar refractivity (Wildman–Crippen MR) is 95.3 cm³/mol. The molecule has 0 aromatic heterocycles. The molecule has 2 aromatic carbocycles. The summed E-state index contributed by atoms with van der Waals surface area (Å²) in [6.45, 7) is 1.82. The fraction of sp³-hybridized carbons (Fsp3) is 0.133. The Hall–Kier alpha value is -2.85. The third kappa shape index (κ3) is 4.61. The van der Waals surface area contributed by atoms with E-state index in [1.54, 1.807) is 6.92 Å². The SMILES string of the molecule is CCOc1cc(/C=N/NS(=O)(=O)c2ccc(Cl)cc2)cc([N+](=O)[O-])c1O. The minimum absolute atomic E-state index is 0.0502. The number of hydrogen-bond donors (Lipinski definition) is 2. The van der Waals surface area contributed by atoms with E-state index in [-0.39, 0.29) is 22.8 Å². The number of phenols is 1. The quantitative estimate of drug-likeness (QED) is 0.418. The molecule has 0 aliphatic heterocycles. The van der Waals surface area contributed by atoms with Crippen molar-refractivity contribution in [3.05, 3.63) is 57.1 Å². The van der Waals surface area contributed by atoms with Crippen LogP contribution in [-0.2, 0) is 10.0 Å². The fourth-order valence-corrected chi connectivity index (χ4v) is 2.85. The van der Waals surface area contributed by atoms with Gasteiger partial charge in [0, 0.05) is 16.7 Å². The van der Waals surface area contributed by atoms with Crippen LogP contribution in [0.3, 0.4) is 0 Å². The lowest BCUT2D eigenvalue weighted by Crippen LogP contribution is -2.18. The zero-order valence-corrected chi connectivity index (χ0v) is 15.0. The van der Waals surface area contributed by atoms with E-state index in [4.69, 9.17) is 16.3 Å². The van der Waals surface area contributed by atoms with E-state index in [2.05, 4.69) is 5.10 Å². The number of hydrogen-bond acceptors (Lipinski definition) is 7. The second-order valence-electron chi connectivity index (χ2n) is 4.88. The molecule has 26 heavy (non-hydrogen) atoms. The van der Waals surface area contributed by atoms with Gasteiger partial charge in [-0.15, -0.1) is 0 Å². The van der Waals surface area contributed by atoms with E-state index in [1.807, 2.05) is 4.83 Å². The van der Waals surface area contributed by atoms with Crippen molar-refractivity contribution in [1.82, 2.24) is 4.83 Å². The smallest absolute Gasteiger partial charge is 0.315 e. The summed E-state index contributed by atoms with van der Waals surface area (Å²) in [7, 11) is -3.92. The van der Waals surface area contributed by atoms with Gasteiger partial charge in [-0.3, -0.25) is 10.1 Å². The van der Waals surface area contributed by atoms with Gasteiger partial charge < -0.3 is 9.84 Å². The average molecular weight is 400 g/mol. The molecular formula is C15H14ClN3O6S. The minimum Gasteiger partial charge on any atom is -0.500 e. The largest absolute Gasteiger partial charge is 0.500 e. The zero-order valence-electron chi connectivity index (χ0n) is 13.4. The summed E-state index contributed by atoms with van der Waals surface area (Å²) in [6.07, 6.45) is 1.06. The van der Waals surface area contributed by atoms with E-state index in [1.165, 1.54) is 30.3 Å². The maximum Gasteiger partial charge on any atom is 0.315 e. The number of nitro benzene ring substituents is 1. The molecule has 0 spiro atoms. The second-order valence-corrected chi connectivity index (χ2v) is 6.98. The van der Waals surface area contributed by atoms with Gasteiger partial charge in [-0.1, -0.05) is 11.6 Å². The summed E-state index contributed by atoms with van der Waals surface area (Å²) in [5.74, 6) is -0.723. The molecule has 0 fully saturated rings. The van der Waals surface area contributed by atoms with Crippen LogP contribution in [0.5, 0.6) is 11.5 Å². The summed E-state index contributed by atoms with van der Waals surface area (Å²) >= 11 is 5.71. The third-order valence-electron chi connectivity index (χ3n) is 3.08. The van der Waals surface area contributed by atoms with Crippen LogP contribution >= 0.6 is 11.6 Å². The van der Waals surface area contributed by atoms with Crippen molar-refractivity contribution in [3.63, 3.8) is 0 Å². The van der Waals surface area contributed by atoms with Gasteiger partial charge >= 0.3 is 5.69 Å². The van der Waals surface area contributed by atoms with Crippen LogP contribution in [-0.4, -0.2) is 31.3 Å². The van der Waals surface area contributed by atoms with Crippen molar-refractivity contribution in [2.24, 2.45) is 5.10 Å². The highest BCUT2D eigenvalue weighted by molar-refractivity contribution is 7.89. The number of halogens is 1. The number of nitrogens with zero attached hydrogens (tertiary/aromatic N) is 2. The van der Waals surface area contributed by atoms with E-state index in [0.717, 1.165) is 12.3 Å². The first kappa shape index (κ1) is 19.5.